The first-order valence-electron chi connectivity index (χ1n) is 7.99. The molecule has 1 fully saturated rings. The summed E-state index contributed by atoms with van der Waals surface area (Å²) in [5, 5.41) is 3.27. The fraction of sp³-hybridized carbons (Fsp3) is 0.294. The third-order valence-electron chi connectivity index (χ3n) is 3.95. The molecular weight excluding hydrogens is 376 g/mol. The van der Waals surface area contributed by atoms with Gasteiger partial charge in [0.15, 0.2) is 5.16 Å². The summed E-state index contributed by atoms with van der Waals surface area (Å²) in [5.74, 6) is -0.319. The average molecular weight is 393 g/mol. The molecule has 9 heteroatoms. The standard InChI is InChI=1S/C17H17ClN4O3S/c1-3-7-22-15(24)12-9-11(18)4-5-13(12)20-17(22)26-10(2)14(23)21-8-6-19-16(21)25/h3-5,9-10H,1,6-8H2,2H3,(H,19,25)/t10-/m1/s1. The Morgan fingerprint density at radius 1 is 1.50 bits per heavy atom. The minimum absolute atomic E-state index is 0.251. The molecule has 0 aliphatic carbocycles. The van der Waals surface area contributed by atoms with Crippen molar-refractivity contribution in [3.63, 3.8) is 0 Å². The van der Waals surface area contributed by atoms with Crippen LogP contribution in [0.1, 0.15) is 6.92 Å². The van der Waals surface area contributed by atoms with Gasteiger partial charge in [-0.05, 0) is 25.1 Å². The molecule has 0 saturated carbocycles. The number of thioether (sulfide) groups is 1. The van der Waals surface area contributed by atoms with E-state index in [2.05, 4.69) is 16.9 Å². The topological polar surface area (TPSA) is 84.3 Å². The summed E-state index contributed by atoms with van der Waals surface area (Å²) in [6, 6.07) is 4.50. The molecule has 0 bridgehead atoms. The number of hydrogen-bond donors (Lipinski definition) is 1. The molecule has 0 spiro atoms. The number of allylic oxidation sites excluding steroid dienone is 1. The maximum Gasteiger partial charge on any atom is 0.324 e. The Bertz CT molecular complexity index is 959. The van der Waals surface area contributed by atoms with E-state index in [1.807, 2.05) is 0 Å². The highest BCUT2D eigenvalue weighted by Crippen LogP contribution is 2.25. The zero-order valence-electron chi connectivity index (χ0n) is 14.1. The van der Waals surface area contributed by atoms with Crippen molar-refractivity contribution in [2.45, 2.75) is 23.9 Å². The fourth-order valence-electron chi connectivity index (χ4n) is 2.66. The number of carbonyl (C=O) groups excluding carboxylic acids is 2. The fourth-order valence-corrected chi connectivity index (χ4v) is 3.81. The molecule has 0 radical (unpaired) electrons. The Morgan fingerprint density at radius 3 is 2.92 bits per heavy atom. The second kappa shape index (κ2) is 7.51. The van der Waals surface area contributed by atoms with Gasteiger partial charge >= 0.3 is 6.03 Å². The van der Waals surface area contributed by atoms with Gasteiger partial charge in [0.2, 0.25) is 5.91 Å². The van der Waals surface area contributed by atoms with Crippen LogP contribution in [-0.4, -0.2) is 44.7 Å². The molecule has 0 unspecified atom stereocenters. The molecule has 1 atom stereocenters. The van der Waals surface area contributed by atoms with E-state index in [-0.39, 0.29) is 18.0 Å². The van der Waals surface area contributed by atoms with E-state index in [1.165, 1.54) is 9.47 Å². The zero-order valence-corrected chi connectivity index (χ0v) is 15.6. The number of fused-ring (bicyclic) bond motifs is 1. The normalized spacial score (nSPS) is 15.2. The van der Waals surface area contributed by atoms with Crippen LogP contribution in [0.2, 0.25) is 5.02 Å². The van der Waals surface area contributed by atoms with Gasteiger partial charge in [-0.1, -0.05) is 29.4 Å². The molecule has 3 amide bonds. The SMILES string of the molecule is C=CCn1c(S[C@H](C)C(=O)N2CCNC2=O)nc2ccc(Cl)cc2c1=O. The largest absolute Gasteiger partial charge is 0.336 e. The van der Waals surface area contributed by atoms with Crippen LogP contribution in [0.3, 0.4) is 0 Å². The Balaban J connectivity index is 1.98. The minimum Gasteiger partial charge on any atom is -0.336 e. The van der Waals surface area contributed by atoms with Crippen molar-refractivity contribution in [2.24, 2.45) is 0 Å². The minimum atomic E-state index is -0.577. The zero-order chi connectivity index (χ0) is 18.8. The second-order valence-corrected chi connectivity index (χ2v) is 7.49. The molecule has 1 aliphatic heterocycles. The van der Waals surface area contributed by atoms with E-state index in [9.17, 15) is 14.4 Å². The van der Waals surface area contributed by atoms with E-state index in [4.69, 9.17) is 11.6 Å². The van der Waals surface area contributed by atoms with E-state index in [0.717, 1.165) is 11.8 Å². The smallest absolute Gasteiger partial charge is 0.324 e. The number of hydrogen-bond acceptors (Lipinski definition) is 5. The summed E-state index contributed by atoms with van der Waals surface area (Å²) in [6.45, 7) is 6.39. The predicted molar refractivity (Wildman–Crippen MR) is 102 cm³/mol. The van der Waals surface area contributed by atoms with Gasteiger partial charge in [-0.3, -0.25) is 19.1 Å². The molecule has 1 N–H and O–H groups in total. The molecule has 1 saturated heterocycles. The maximum atomic E-state index is 12.8. The molecule has 3 rings (SSSR count). The van der Waals surface area contributed by atoms with Crippen LogP contribution in [-0.2, 0) is 11.3 Å². The number of nitrogens with zero attached hydrogens (tertiary/aromatic N) is 3. The van der Waals surface area contributed by atoms with Crippen LogP contribution in [0, 0.1) is 0 Å². The Labute approximate surface area is 159 Å². The van der Waals surface area contributed by atoms with E-state index < -0.39 is 11.3 Å². The summed E-state index contributed by atoms with van der Waals surface area (Å²) in [6.07, 6.45) is 1.59. The van der Waals surface area contributed by atoms with Crippen LogP contribution in [0.4, 0.5) is 4.79 Å². The Hall–Kier alpha value is -2.32. The van der Waals surface area contributed by atoms with Crippen LogP contribution < -0.4 is 10.9 Å². The van der Waals surface area contributed by atoms with E-state index >= 15 is 0 Å². The number of carbonyl (C=O) groups is 2. The molecular formula is C17H17ClN4O3S. The average Bonchev–Trinajstić information content (AvgIpc) is 3.04. The van der Waals surface area contributed by atoms with Crippen molar-refractivity contribution in [3.05, 3.63) is 46.2 Å². The highest BCUT2D eigenvalue weighted by atomic mass is 35.5. The lowest BCUT2D eigenvalue weighted by molar-refractivity contribution is -0.126. The van der Waals surface area contributed by atoms with Gasteiger partial charge in [-0.2, -0.15) is 0 Å². The van der Waals surface area contributed by atoms with Gasteiger partial charge in [0.05, 0.1) is 16.2 Å². The van der Waals surface area contributed by atoms with Gasteiger partial charge in [0, 0.05) is 24.7 Å². The number of imide groups is 1. The summed E-state index contributed by atoms with van der Waals surface area (Å²) >= 11 is 7.12. The summed E-state index contributed by atoms with van der Waals surface area (Å²) in [5.41, 5.74) is 0.249. The van der Waals surface area contributed by atoms with Crippen LogP contribution >= 0.6 is 23.4 Å². The first-order chi connectivity index (χ1) is 12.4. The van der Waals surface area contributed by atoms with Crippen LogP contribution in [0.5, 0.6) is 0 Å². The van der Waals surface area contributed by atoms with Crippen molar-refractivity contribution in [2.75, 3.05) is 13.1 Å². The molecule has 7 nitrogen and oxygen atoms in total. The van der Waals surface area contributed by atoms with Crippen molar-refractivity contribution < 1.29 is 9.59 Å². The number of rotatable bonds is 5. The van der Waals surface area contributed by atoms with E-state index in [1.54, 1.807) is 31.2 Å². The van der Waals surface area contributed by atoms with Crippen molar-refractivity contribution in [1.82, 2.24) is 19.8 Å². The van der Waals surface area contributed by atoms with Crippen LogP contribution in [0.15, 0.2) is 40.8 Å². The Kier molecular flexibility index (Phi) is 5.33. The van der Waals surface area contributed by atoms with Crippen LogP contribution in [0.25, 0.3) is 10.9 Å². The first kappa shape index (κ1) is 18.5. The van der Waals surface area contributed by atoms with Crippen molar-refractivity contribution in [3.8, 4) is 0 Å². The van der Waals surface area contributed by atoms with Gasteiger partial charge in [-0.15, -0.1) is 6.58 Å². The van der Waals surface area contributed by atoms with Gasteiger partial charge in [0.1, 0.15) is 0 Å². The highest BCUT2D eigenvalue weighted by molar-refractivity contribution is 8.00. The highest BCUT2D eigenvalue weighted by Gasteiger charge is 2.31. The number of urea groups is 1. The quantitative estimate of drug-likeness (QED) is 0.479. The number of benzene rings is 1. The first-order valence-corrected chi connectivity index (χ1v) is 9.25. The predicted octanol–water partition coefficient (Wildman–Crippen LogP) is 2.27. The molecule has 2 aromatic rings. The number of nitrogens with one attached hydrogen (secondary N) is 1. The van der Waals surface area contributed by atoms with Gasteiger partial charge < -0.3 is 5.32 Å². The molecule has 1 aliphatic rings. The molecule has 26 heavy (non-hydrogen) atoms. The van der Waals surface area contributed by atoms with Crippen molar-refractivity contribution >= 4 is 46.2 Å². The number of aromatic nitrogens is 2. The number of halogens is 1. The van der Waals surface area contributed by atoms with Gasteiger partial charge in [0.25, 0.3) is 5.56 Å². The lowest BCUT2D eigenvalue weighted by Crippen LogP contribution is -2.39. The van der Waals surface area contributed by atoms with E-state index in [0.29, 0.717) is 34.2 Å². The lowest BCUT2D eigenvalue weighted by atomic mass is 10.2. The van der Waals surface area contributed by atoms with Gasteiger partial charge in [-0.25, -0.2) is 9.78 Å². The summed E-state index contributed by atoms with van der Waals surface area (Å²) in [7, 11) is 0. The number of amides is 3. The van der Waals surface area contributed by atoms with Crippen molar-refractivity contribution in [1.29, 1.82) is 0 Å². The molecule has 1 aromatic carbocycles. The second-order valence-electron chi connectivity index (χ2n) is 5.74. The molecule has 1 aromatic heterocycles. The molecule has 136 valence electrons. The molecule has 2 heterocycles. The summed E-state index contributed by atoms with van der Waals surface area (Å²) < 4.78 is 1.45. The third-order valence-corrected chi connectivity index (χ3v) is 5.26. The lowest BCUT2D eigenvalue weighted by Gasteiger charge is -2.19. The maximum absolute atomic E-state index is 12.8. The third kappa shape index (κ3) is 3.47. The summed E-state index contributed by atoms with van der Waals surface area (Å²) in [4.78, 5) is 42.7. The monoisotopic (exact) mass is 392 g/mol. The Morgan fingerprint density at radius 2 is 2.27 bits per heavy atom.